The third-order valence-electron chi connectivity index (χ3n) is 3.93. The summed E-state index contributed by atoms with van der Waals surface area (Å²) in [5.74, 6) is -0.382. The third kappa shape index (κ3) is 3.97. The number of carbonyl (C=O) groups is 1. The van der Waals surface area contributed by atoms with Crippen LogP contribution in [-0.4, -0.2) is 59.8 Å². The summed E-state index contributed by atoms with van der Waals surface area (Å²) >= 11 is 0. The van der Waals surface area contributed by atoms with E-state index in [-0.39, 0.29) is 30.0 Å². The van der Waals surface area contributed by atoms with Crippen LogP contribution in [0.4, 0.5) is 14.9 Å². The van der Waals surface area contributed by atoms with Gasteiger partial charge in [-0.15, -0.1) is 0 Å². The van der Waals surface area contributed by atoms with Crippen molar-refractivity contribution in [2.75, 3.05) is 31.5 Å². The molecule has 1 aromatic carbocycles. The van der Waals surface area contributed by atoms with Crippen molar-refractivity contribution in [3.63, 3.8) is 0 Å². The Kier molecular flexibility index (Phi) is 5.00. The molecule has 10 heteroatoms. The van der Waals surface area contributed by atoms with Gasteiger partial charge in [-0.25, -0.2) is 22.6 Å². The van der Waals surface area contributed by atoms with Crippen molar-refractivity contribution in [1.29, 1.82) is 0 Å². The van der Waals surface area contributed by atoms with Gasteiger partial charge in [-0.05, 0) is 30.7 Å². The summed E-state index contributed by atoms with van der Waals surface area (Å²) in [4.78, 5) is 20.2. The number of H-pyrrole nitrogens is 1. The topological polar surface area (TPSA) is 98.4 Å². The van der Waals surface area contributed by atoms with Crippen molar-refractivity contribution in [3.8, 4) is 0 Å². The molecule has 25 heavy (non-hydrogen) atoms. The molecule has 2 heterocycles. The molecule has 0 bridgehead atoms. The lowest BCUT2D eigenvalue weighted by atomic mass is 10.3. The summed E-state index contributed by atoms with van der Waals surface area (Å²) in [6.45, 7) is 1.21. The van der Waals surface area contributed by atoms with Gasteiger partial charge in [0.15, 0.2) is 5.03 Å². The first-order valence-electron chi connectivity index (χ1n) is 7.77. The minimum absolute atomic E-state index is 0.0386. The number of aromatic amines is 1. The van der Waals surface area contributed by atoms with Gasteiger partial charge in [0.2, 0.25) is 0 Å². The average Bonchev–Trinajstić information content (AvgIpc) is 3.02. The molecule has 0 spiro atoms. The van der Waals surface area contributed by atoms with E-state index in [0.29, 0.717) is 25.2 Å². The molecule has 1 aliphatic rings. The van der Waals surface area contributed by atoms with Crippen LogP contribution in [0.2, 0.25) is 0 Å². The molecule has 0 unspecified atom stereocenters. The molecule has 134 valence electrons. The molecule has 0 radical (unpaired) electrons. The first kappa shape index (κ1) is 17.4. The molecule has 0 atom stereocenters. The number of nitrogens with zero attached hydrogens (tertiary/aromatic N) is 3. The van der Waals surface area contributed by atoms with Crippen molar-refractivity contribution in [1.82, 2.24) is 19.2 Å². The number of benzene rings is 1. The Morgan fingerprint density at radius 1 is 1.16 bits per heavy atom. The number of amides is 2. The minimum Gasteiger partial charge on any atom is -0.335 e. The molecule has 2 N–H and O–H groups in total. The van der Waals surface area contributed by atoms with Crippen LogP contribution in [0.1, 0.15) is 6.42 Å². The number of carbonyl (C=O) groups excluding carboxylic acids is 1. The Morgan fingerprint density at radius 3 is 2.60 bits per heavy atom. The highest BCUT2D eigenvalue weighted by Crippen LogP contribution is 2.16. The number of sulfonamides is 1. The standard InChI is InChI=1S/C15H18FN5O3S/c16-12-2-4-13(5-3-12)19-15(22)20-6-1-7-21(9-8-20)25(23,24)14-10-17-11-18-14/h2-5,10-11H,1,6-9H2,(H,17,18)(H,19,22). The van der Waals surface area contributed by atoms with E-state index in [1.54, 1.807) is 4.90 Å². The van der Waals surface area contributed by atoms with Crippen molar-refractivity contribution in [2.24, 2.45) is 0 Å². The highest BCUT2D eigenvalue weighted by molar-refractivity contribution is 7.89. The normalized spacial score (nSPS) is 16.4. The fourth-order valence-corrected chi connectivity index (χ4v) is 3.96. The monoisotopic (exact) mass is 367 g/mol. The van der Waals surface area contributed by atoms with Crippen LogP contribution in [-0.2, 0) is 10.0 Å². The average molecular weight is 367 g/mol. The summed E-state index contributed by atoms with van der Waals surface area (Å²) in [6.07, 6.45) is 3.09. The number of hydrogen-bond donors (Lipinski definition) is 2. The van der Waals surface area contributed by atoms with Gasteiger partial charge >= 0.3 is 6.03 Å². The zero-order valence-electron chi connectivity index (χ0n) is 13.4. The zero-order chi connectivity index (χ0) is 17.9. The van der Waals surface area contributed by atoms with E-state index in [9.17, 15) is 17.6 Å². The summed E-state index contributed by atoms with van der Waals surface area (Å²) in [7, 11) is -3.64. The van der Waals surface area contributed by atoms with Crippen LogP contribution in [0.3, 0.4) is 0 Å². The van der Waals surface area contributed by atoms with Crippen molar-refractivity contribution >= 4 is 21.7 Å². The molecule has 1 aromatic heterocycles. The second-order valence-corrected chi connectivity index (χ2v) is 7.50. The Labute approximate surface area is 144 Å². The Hall–Kier alpha value is -2.46. The molecule has 3 rings (SSSR count). The molecule has 8 nitrogen and oxygen atoms in total. The maximum Gasteiger partial charge on any atom is 0.321 e. The van der Waals surface area contributed by atoms with E-state index in [1.165, 1.54) is 41.1 Å². The van der Waals surface area contributed by atoms with Crippen LogP contribution >= 0.6 is 0 Å². The van der Waals surface area contributed by atoms with Crippen molar-refractivity contribution in [2.45, 2.75) is 11.4 Å². The number of aromatic nitrogens is 2. The highest BCUT2D eigenvalue weighted by Gasteiger charge is 2.29. The van der Waals surface area contributed by atoms with E-state index in [2.05, 4.69) is 15.3 Å². The minimum atomic E-state index is -3.64. The van der Waals surface area contributed by atoms with E-state index >= 15 is 0 Å². The number of anilines is 1. The predicted molar refractivity (Wildman–Crippen MR) is 89.0 cm³/mol. The Balaban J connectivity index is 1.63. The van der Waals surface area contributed by atoms with Gasteiger partial charge < -0.3 is 15.2 Å². The summed E-state index contributed by atoms with van der Waals surface area (Å²) in [5.41, 5.74) is 0.484. The van der Waals surface area contributed by atoms with E-state index in [0.717, 1.165) is 0 Å². The number of hydrogen-bond acceptors (Lipinski definition) is 4. The highest BCUT2D eigenvalue weighted by atomic mass is 32.2. The first-order chi connectivity index (χ1) is 12.0. The van der Waals surface area contributed by atoms with Gasteiger partial charge in [0.05, 0.1) is 12.5 Å². The Bertz CT molecular complexity index is 823. The van der Waals surface area contributed by atoms with Crippen LogP contribution in [0, 0.1) is 5.82 Å². The lowest BCUT2D eigenvalue weighted by Crippen LogP contribution is -2.39. The zero-order valence-corrected chi connectivity index (χ0v) is 14.2. The number of rotatable bonds is 3. The largest absolute Gasteiger partial charge is 0.335 e. The fourth-order valence-electron chi connectivity index (χ4n) is 2.60. The second-order valence-electron chi connectivity index (χ2n) is 5.60. The van der Waals surface area contributed by atoms with Gasteiger partial charge in [-0.3, -0.25) is 0 Å². The van der Waals surface area contributed by atoms with Crippen molar-refractivity contribution in [3.05, 3.63) is 42.6 Å². The molecule has 2 aromatic rings. The smallest absolute Gasteiger partial charge is 0.321 e. The van der Waals surface area contributed by atoms with Crippen molar-refractivity contribution < 1.29 is 17.6 Å². The van der Waals surface area contributed by atoms with E-state index < -0.39 is 10.0 Å². The molecule has 2 amide bonds. The van der Waals surface area contributed by atoms with Crippen LogP contribution in [0.25, 0.3) is 0 Å². The number of urea groups is 1. The fraction of sp³-hybridized carbons (Fsp3) is 0.333. The summed E-state index contributed by atoms with van der Waals surface area (Å²) in [6, 6.07) is 5.13. The number of halogens is 1. The second kappa shape index (κ2) is 7.19. The summed E-state index contributed by atoms with van der Waals surface area (Å²) in [5, 5.41) is 2.72. The number of imidazole rings is 1. The molecular formula is C15H18FN5O3S. The van der Waals surface area contributed by atoms with Gasteiger partial charge in [0, 0.05) is 31.9 Å². The number of nitrogens with one attached hydrogen (secondary N) is 2. The van der Waals surface area contributed by atoms with Gasteiger partial charge in [-0.1, -0.05) is 0 Å². The quantitative estimate of drug-likeness (QED) is 0.858. The third-order valence-corrected chi connectivity index (χ3v) is 5.75. The van der Waals surface area contributed by atoms with Gasteiger partial charge in [0.25, 0.3) is 10.0 Å². The van der Waals surface area contributed by atoms with E-state index in [1.807, 2.05) is 0 Å². The molecule has 1 saturated heterocycles. The predicted octanol–water partition coefficient (Wildman–Crippen LogP) is 1.48. The lowest BCUT2D eigenvalue weighted by Gasteiger charge is -2.22. The van der Waals surface area contributed by atoms with Crippen LogP contribution in [0.15, 0.2) is 41.8 Å². The van der Waals surface area contributed by atoms with Crippen LogP contribution in [0.5, 0.6) is 0 Å². The van der Waals surface area contributed by atoms with Crippen LogP contribution < -0.4 is 5.32 Å². The SMILES string of the molecule is O=C(Nc1ccc(F)cc1)N1CCCN(S(=O)(=O)c2cnc[nH]2)CC1. The molecule has 1 aliphatic heterocycles. The maximum absolute atomic E-state index is 12.9. The van der Waals surface area contributed by atoms with Gasteiger partial charge in [-0.2, -0.15) is 4.31 Å². The maximum atomic E-state index is 12.9. The molecule has 0 aliphatic carbocycles. The Morgan fingerprint density at radius 2 is 1.92 bits per heavy atom. The molecular weight excluding hydrogens is 349 g/mol. The van der Waals surface area contributed by atoms with E-state index in [4.69, 9.17) is 0 Å². The van der Waals surface area contributed by atoms with Gasteiger partial charge in [0.1, 0.15) is 5.82 Å². The summed E-state index contributed by atoms with van der Waals surface area (Å²) < 4.78 is 39.3. The first-order valence-corrected chi connectivity index (χ1v) is 9.21. The molecule has 1 fully saturated rings. The lowest BCUT2D eigenvalue weighted by molar-refractivity contribution is 0.214. The molecule has 0 saturated carbocycles.